The van der Waals surface area contributed by atoms with Crippen molar-refractivity contribution in [2.75, 3.05) is 26.2 Å². The van der Waals surface area contributed by atoms with Crippen LogP contribution in [0.4, 0.5) is 0 Å². The number of piperidine rings is 1. The van der Waals surface area contributed by atoms with Crippen LogP contribution in [0.25, 0.3) is 0 Å². The summed E-state index contributed by atoms with van der Waals surface area (Å²) in [7, 11) is 0. The topological polar surface area (TPSA) is 24.8 Å². The number of rotatable bonds is 3. The summed E-state index contributed by atoms with van der Waals surface area (Å²) in [5.41, 5.74) is 2.71. The third-order valence-electron chi connectivity index (χ3n) is 4.96. The largest absolute Gasteiger partial charge is 0.342 e. The van der Waals surface area contributed by atoms with Crippen LogP contribution in [0.2, 0.25) is 0 Å². The fraction of sp³-hybridized carbons (Fsp3) is 0.611. The maximum Gasteiger partial charge on any atom is 0.231 e. The van der Waals surface area contributed by atoms with Crippen LogP contribution >= 0.6 is 0 Å². The van der Waals surface area contributed by atoms with Gasteiger partial charge in [-0.05, 0) is 32.6 Å². The first-order valence-electron chi connectivity index (χ1n) is 8.40. The monoisotopic (exact) mass is 287 g/mol. The Labute approximate surface area is 127 Å². The van der Waals surface area contributed by atoms with E-state index in [1.165, 1.54) is 36.9 Å². The molecule has 3 heteroatoms. The zero-order valence-corrected chi connectivity index (χ0v) is 13.1. The molecule has 1 N–H and O–H groups in total. The first-order chi connectivity index (χ1) is 10.2. The first kappa shape index (κ1) is 14.6. The number of quaternary nitrogens is 1. The molecule has 1 aromatic rings. The molecule has 1 amide bonds. The summed E-state index contributed by atoms with van der Waals surface area (Å²) in [4.78, 5) is 16.2. The van der Waals surface area contributed by atoms with Gasteiger partial charge in [-0.3, -0.25) is 4.79 Å². The highest BCUT2D eigenvalue weighted by molar-refractivity contribution is 5.79. The molecule has 2 fully saturated rings. The van der Waals surface area contributed by atoms with Gasteiger partial charge in [0.1, 0.15) is 6.54 Å². The number of amides is 1. The van der Waals surface area contributed by atoms with Crippen molar-refractivity contribution in [1.82, 2.24) is 4.90 Å². The quantitative estimate of drug-likeness (QED) is 0.893. The molecule has 2 atom stereocenters. The normalized spacial score (nSPS) is 26.0. The second-order valence-corrected chi connectivity index (χ2v) is 6.74. The molecule has 114 valence electrons. The van der Waals surface area contributed by atoms with E-state index in [1.807, 2.05) is 0 Å². The van der Waals surface area contributed by atoms with Crippen molar-refractivity contribution in [1.29, 1.82) is 0 Å². The molecular formula is C18H27N2O+. The van der Waals surface area contributed by atoms with Crippen LogP contribution in [0.5, 0.6) is 0 Å². The smallest absolute Gasteiger partial charge is 0.231 e. The lowest BCUT2D eigenvalue weighted by Gasteiger charge is -2.31. The summed E-state index contributed by atoms with van der Waals surface area (Å²) in [5, 5.41) is 0. The number of nitrogens with zero attached hydrogens (tertiary/aromatic N) is 1. The zero-order chi connectivity index (χ0) is 14.7. The Morgan fingerprint density at radius 3 is 2.62 bits per heavy atom. The summed E-state index contributed by atoms with van der Waals surface area (Å²) < 4.78 is 0. The Morgan fingerprint density at radius 1 is 1.19 bits per heavy atom. The molecule has 0 aromatic heterocycles. The van der Waals surface area contributed by atoms with Crippen LogP contribution in [0.3, 0.4) is 0 Å². The van der Waals surface area contributed by atoms with E-state index in [2.05, 4.69) is 36.1 Å². The van der Waals surface area contributed by atoms with Crippen LogP contribution in [-0.4, -0.2) is 37.0 Å². The Kier molecular flexibility index (Phi) is 4.59. The molecule has 1 aromatic carbocycles. The molecule has 2 aliphatic heterocycles. The number of hydrogen-bond acceptors (Lipinski definition) is 1. The highest BCUT2D eigenvalue weighted by atomic mass is 16.2. The number of carbonyl (C=O) groups is 1. The molecule has 2 unspecified atom stereocenters. The van der Waals surface area contributed by atoms with Gasteiger partial charge in [-0.25, -0.2) is 0 Å². The fourth-order valence-electron chi connectivity index (χ4n) is 3.71. The molecule has 3 rings (SSSR count). The van der Waals surface area contributed by atoms with E-state index < -0.39 is 0 Å². The molecule has 0 saturated carbocycles. The Morgan fingerprint density at radius 2 is 1.90 bits per heavy atom. The van der Waals surface area contributed by atoms with E-state index in [0.717, 1.165) is 32.6 Å². The molecule has 21 heavy (non-hydrogen) atoms. The van der Waals surface area contributed by atoms with Crippen LogP contribution in [0.15, 0.2) is 24.3 Å². The van der Waals surface area contributed by atoms with Gasteiger partial charge in [-0.2, -0.15) is 0 Å². The minimum atomic E-state index is 0.261. The molecule has 0 bridgehead atoms. The predicted octanol–water partition coefficient (Wildman–Crippen LogP) is 1.41. The van der Waals surface area contributed by atoms with Gasteiger partial charge < -0.3 is 9.80 Å². The summed E-state index contributed by atoms with van der Waals surface area (Å²) in [6.45, 7) is 7.39. The third kappa shape index (κ3) is 3.65. The number of likely N-dealkylation sites (tertiary alicyclic amines) is 2. The van der Waals surface area contributed by atoms with Crippen LogP contribution < -0.4 is 4.90 Å². The zero-order valence-electron chi connectivity index (χ0n) is 13.1. The average molecular weight is 287 g/mol. The first-order valence-corrected chi connectivity index (χ1v) is 8.40. The number of nitrogens with one attached hydrogen (secondary N) is 1. The van der Waals surface area contributed by atoms with E-state index in [9.17, 15) is 4.79 Å². The summed E-state index contributed by atoms with van der Waals surface area (Å²) in [6.07, 6.45) is 4.66. The summed E-state index contributed by atoms with van der Waals surface area (Å²) >= 11 is 0. The Hall–Kier alpha value is -1.35. The van der Waals surface area contributed by atoms with Gasteiger partial charge in [0.05, 0.1) is 19.0 Å². The number of carbonyl (C=O) groups excluding carboxylic acids is 1. The lowest BCUT2D eigenvalue weighted by atomic mass is 9.96. The molecule has 0 radical (unpaired) electrons. The van der Waals surface area contributed by atoms with Crippen molar-refractivity contribution in [2.24, 2.45) is 5.92 Å². The second kappa shape index (κ2) is 6.61. The van der Waals surface area contributed by atoms with Crippen LogP contribution in [0.1, 0.15) is 36.8 Å². The highest BCUT2D eigenvalue weighted by Crippen LogP contribution is 2.16. The molecule has 2 aliphatic rings. The lowest BCUT2D eigenvalue weighted by Crippen LogP contribution is -3.12. The van der Waals surface area contributed by atoms with Crippen molar-refractivity contribution in [3.8, 4) is 0 Å². The van der Waals surface area contributed by atoms with Gasteiger partial charge in [-0.1, -0.05) is 29.8 Å². The van der Waals surface area contributed by atoms with Gasteiger partial charge in [0.2, 0.25) is 5.91 Å². The van der Waals surface area contributed by atoms with Crippen molar-refractivity contribution >= 4 is 5.91 Å². The average Bonchev–Trinajstić information content (AvgIpc) is 3.03. The molecule has 2 saturated heterocycles. The molecule has 0 aliphatic carbocycles. The van der Waals surface area contributed by atoms with E-state index in [0.29, 0.717) is 5.91 Å². The van der Waals surface area contributed by atoms with Crippen molar-refractivity contribution in [3.05, 3.63) is 35.4 Å². The summed E-state index contributed by atoms with van der Waals surface area (Å²) in [5.74, 6) is 0.686. The lowest BCUT2D eigenvalue weighted by molar-refractivity contribution is -0.921. The maximum absolute atomic E-state index is 12.6. The van der Waals surface area contributed by atoms with E-state index in [-0.39, 0.29) is 5.92 Å². The number of aryl methyl sites for hydroxylation is 1. The van der Waals surface area contributed by atoms with Gasteiger partial charge in [0.15, 0.2) is 0 Å². The van der Waals surface area contributed by atoms with E-state index in [1.54, 1.807) is 4.90 Å². The molecule has 0 spiro atoms. The van der Waals surface area contributed by atoms with Crippen LogP contribution in [0, 0.1) is 12.8 Å². The minimum absolute atomic E-state index is 0.261. The molecular weight excluding hydrogens is 260 g/mol. The second-order valence-electron chi connectivity index (χ2n) is 6.74. The molecule has 2 heterocycles. The predicted molar refractivity (Wildman–Crippen MR) is 84.1 cm³/mol. The minimum Gasteiger partial charge on any atom is -0.342 e. The van der Waals surface area contributed by atoms with Crippen LogP contribution in [-0.2, 0) is 11.3 Å². The van der Waals surface area contributed by atoms with Gasteiger partial charge in [-0.15, -0.1) is 0 Å². The highest BCUT2D eigenvalue weighted by Gasteiger charge is 2.32. The van der Waals surface area contributed by atoms with Gasteiger partial charge in [0.25, 0.3) is 0 Å². The van der Waals surface area contributed by atoms with Crippen molar-refractivity contribution < 1.29 is 9.69 Å². The standard InChI is InChI=1S/C18H26N2O/c1-15-6-8-16(9-7-15)13-19-10-4-5-17(14-19)18(21)20-11-2-3-12-20/h6-9,17H,2-5,10-14H2,1H3/p+1. The van der Waals surface area contributed by atoms with Gasteiger partial charge in [0, 0.05) is 18.7 Å². The SMILES string of the molecule is Cc1ccc(C[NH+]2CCCC(C(=O)N3CCCC3)C2)cc1. The van der Waals surface area contributed by atoms with E-state index in [4.69, 9.17) is 0 Å². The maximum atomic E-state index is 12.6. The van der Waals surface area contributed by atoms with Crippen molar-refractivity contribution in [2.45, 2.75) is 39.2 Å². The molecule has 3 nitrogen and oxygen atoms in total. The fourth-order valence-corrected chi connectivity index (χ4v) is 3.71. The number of benzene rings is 1. The summed E-state index contributed by atoms with van der Waals surface area (Å²) in [6, 6.07) is 8.83. The Bertz CT molecular complexity index is 476. The Balaban J connectivity index is 1.57. The number of hydrogen-bond donors (Lipinski definition) is 1. The third-order valence-corrected chi connectivity index (χ3v) is 4.96. The van der Waals surface area contributed by atoms with Gasteiger partial charge >= 0.3 is 0 Å². The van der Waals surface area contributed by atoms with E-state index >= 15 is 0 Å². The van der Waals surface area contributed by atoms with Crippen molar-refractivity contribution in [3.63, 3.8) is 0 Å².